The average molecular weight is 339 g/mol. The Morgan fingerprint density at radius 3 is 2.46 bits per heavy atom. The van der Waals surface area contributed by atoms with Crippen molar-refractivity contribution in [1.82, 2.24) is 0 Å². The van der Waals surface area contributed by atoms with Crippen molar-refractivity contribution in [3.05, 3.63) is 53.6 Å². The van der Waals surface area contributed by atoms with Crippen molar-refractivity contribution in [2.75, 3.05) is 0 Å². The molecule has 0 spiro atoms. The number of alkyl halides is 3. The molecule has 0 aliphatic rings. The molecule has 3 N–H and O–H groups in total. The van der Waals surface area contributed by atoms with E-state index in [9.17, 15) is 18.0 Å². The Morgan fingerprint density at radius 1 is 1.21 bits per heavy atom. The van der Waals surface area contributed by atoms with Gasteiger partial charge in [0.15, 0.2) is 0 Å². The number of aliphatic carboxylic acids is 1. The molecule has 0 aliphatic carbocycles. The lowest BCUT2D eigenvalue weighted by Crippen LogP contribution is -2.18. The van der Waals surface area contributed by atoms with E-state index in [0.29, 0.717) is 11.1 Å². The van der Waals surface area contributed by atoms with Crippen LogP contribution in [0.25, 0.3) is 11.1 Å². The van der Waals surface area contributed by atoms with Crippen molar-refractivity contribution < 1.29 is 27.8 Å². The summed E-state index contributed by atoms with van der Waals surface area (Å²) in [6, 6.07) is 10.0. The summed E-state index contributed by atoms with van der Waals surface area (Å²) in [7, 11) is 0. The zero-order chi connectivity index (χ0) is 17.9. The largest absolute Gasteiger partial charge is 0.573 e. The minimum Gasteiger partial charge on any atom is -0.481 e. The smallest absolute Gasteiger partial charge is 0.481 e. The normalized spacial score (nSPS) is 12.7. The summed E-state index contributed by atoms with van der Waals surface area (Å²) in [5.41, 5.74) is 7.76. The average Bonchev–Trinajstić information content (AvgIpc) is 2.46. The number of carboxylic acids is 1. The third kappa shape index (κ3) is 4.48. The molecule has 0 saturated heterocycles. The van der Waals surface area contributed by atoms with Crippen LogP contribution < -0.4 is 10.5 Å². The summed E-state index contributed by atoms with van der Waals surface area (Å²) in [5, 5.41) is 8.83. The second-order valence-corrected chi connectivity index (χ2v) is 5.32. The van der Waals surface area contributed by atoms with Gasteiger partial charge in [-0.25, -0.2) is 0 Å². The lowest BCUT2D eigenvalue weighted by atomic mass is 9.95. The molecule has 1 atom stereocenters. The topological polar surface area (TPSA) is 72.6 Å². The molecular weight excluding hydrogens is 323 g/mol. The summed E-state index contributed by atoms with van der Waals surface area (Å²) >= 11 is 0. The van der Waals surface area contributed by atoms with Crippen LogP contribution in [0.4, 0.5) is 13.2 Å². The van der Waals surface area contributed by atoms with Gasteiger partial charge in [-0.2, -0.15) is 0 Å². The molecule has 0 bridgehead atoms. The Hall–Kier alpha value is -2.54. The van der Waals surface area contributed by atoms with Gasteiger partial charge < -0.3 is 15.6 Å². The fourth-order valence-electron chi connectivity index (χ4n) is 2.38. The van der Waals surface area contributed by atoms with E-state index in [1.54, 1.807) is 31.2 Å². The maximum absolute atomic E-state index is 12.6. The maximum atomic E-state index is 12.6. The standard InChI is InChI=1S/C17H16F3NO3/c1-10-4-2-3-5-12(10)13-8-11(14(21)9-16(22)23)6-7-15(13)24-17(18,19)20/h2-8,14H,9,21H2,1H3,(H,22,23). The number of hydrogen-bond acceptors (Lipinski definition) is 3. The van der Waals surface area contributed by atoms with E-state index in [-0.39, 0.29) is 17.7 Å². The number of hydrogen-bond donors (Lipinski definition) is 2. The Morgan fingerprint density at radius 2 is 1.88 bits per heavy atom. The molecule has 0 fully saturated rings. The first-order valence-electron chi connectivity index (χ1n) is 7.10. The molecule has 24 heavy (non-hydrogen) atoms. The first-order chi connectivity index (χ1) is 11.2. The molecular formula is C17H16F3NO3. The number of nitrogens with two attached hydrogens (primary N) is 1. The molecule has 2 aromatic rings. The zero-order valence-corrected chi connectivity index (χ0v) is 12.8. The van der Waals surface area contributed by atoms with Crippen LogP contribution in [0.5, 0.6) is 5.75 Å². The molecule has 128 valence electrons. The predicted molar refractivity (Wildman–Crippen MR) is 82.5 cm³/mol. The van der Waals surface area contributed by atoms with E-state index in [4.69, 9.17) is 10.8 Å². The van der Waals surface area contributed by atoms with Gasteiger partial charge in [0.05, 0.1) is 6.42 Å². The van der Waals surface area contributed by atoms with Crippen LogP contribution in [0.1, 0.15) is 23.6 Å². The van der Waals surface area contributed by atoms with Crippen molar-refractivity contribution in [1.29, 1.82) is 0 Å². The van der Waals surface area contributed by atoms with E-state index in [2.05, 4.69) is 4.74 Å². The van der Waals surface area contributed by atoms with Gasteiger partial charge in [0.1, 0.15) is 5.75 Å². The van der Waals surface area contributed by atoms with Crippen molar-refractivity contribution in [3.63, 3.8) is 0 Å². The molecule has 1 unspecified atom stereocenters. The molecule has 0 saturated carbocycles. The Kier molecular flexibility index (Phi) is 5.14. The molecule has 0 aromatic heterocycles. The van der Waals surface area contributed by atoms with Crippen molar-refractivity contribution in [3.8, 4) is 16.9 Å². The number of aryl methyl sites for hydroxylation is 1. The number of rotatable bonds is 5. The monoisotopic (exact) mass is 339 g/mol. The van der Waals surface area contributed by atoms with Crippen LogP contribution in [0.2, 0.25) is 0 Å². The second kappa shape index (κ2) is 6.92. The maximum Gasteiger partial charge on any atom is 0.573 e. The van der Waals surface area contributed by atoms with Crippen LogP contribution in [-0.2, 0) is 4.79 Å². The fraction of sp³-hybridized carbons (Fsp3) is 0.235. The number of halogens is 3. The number of carboxylic acid groups (broad SMARTS) is 1. The summed E-state index contributed by atoms with van der Waals surface area (Å²) < 4.78 is 42.0. The number of benzene rings is 2. The summed E-state index contributed by atoms with van der Waals surface area (Å²) in [6.07, 6.45) is -5.16. The quantitative estimate of drug-likeness (QED) is 0.862. The Labute approximate surface area is 136 Å². The van der Waals surface area contributed by atoms with Crippen LogP contribution in [0.3, 0.4) is 0 Å². The minimum atomic E-state index is -4.83. The van der Waals surface area contributed by atoms with E-state index < -0.39 is 18.4 Å². The molecule has 0 amide bonds. The molecule has 0 radical (unpaired) electrons. The van der Waals surface area contributed by atoms with Gasteiger partial charge >= 0.3 is 12.3 Å². The second-order valence-electron chi connectivity index (χ2n) is 5.32. The number of carbonyl (C=O) groups is 1. The molecule has 0 heterocycles. The van der Waals surface area contributed by atoms with Crippen molar-refractivity contribution >= 4 is 5.97 Å². The van der Waals surface area contributed by atoms with Gasteiger partial charge in [0.2, 0.25) is 0 Å². The fourth-order valence-corrected chi connectivity index (χ4v) is 2.38. The molecule has 7 heteroatoms. The van der Waals surface area contributed by atoms with Gasteiger partial charge in [0.25, 0.3) is 0 Å². The minimum absolute atomic E-state index is 0.212. The van der Waals surface area contributed by atoms with Crippen LogP contribution in [0, 0.1) is 6.92 Å². The molecule has 2 rings (SSSR count). The summed E-state index contributed by atoms with van der Waals surface area (Å²) in [5.74, 6) is -1.45. The van der Waals surface area contributed by atoms with Gasteiger partial charge in [-0.05, 0) is 35.7 Å². The first kappa shape index (κ1) is 17.8. The van der Waals surface area contributed by atoms with Gasteiger partial charge in [-0.3, -0.25) is 4.79 Å². The molecule has 4 nitrogen and oxygen atoms in total. The van der Waals surface area contributed by atoms with Gasteiger partial charge in [-0.1, -0.05) is 30.3 Å². The van der Waals surface area contributed by atoms with E-state index in [0.717, 1.165) is 11.6 Å². The van der Waals surface area contributed by atoms with Crippen molar-refractivity contribution in [2.24, 2.45) is 5.73 Å². The van der Waals surface area contributed by atoms with E-state index in [1.165, 1.54) is 12.1 Å². The lowest BCUT2D eigenvalue weighted by molar-refractivity contribution is -0.274. The van der Waals surface area contributed by atoms with Gasteiger partial charge in [-0.15, -0.1) is 13.2 Å². The van der Waals surface area contributed by atoms with Gasteiger partial charge in [0, 0.05) is 11.6 Å². The lowest BCUT2D eigenvalue weighted by Gasteiger charge is -2.18. The van der Waals surface area contributed by atoms with E-state index >= 15 is 0 Å². The van der Waals surface area contributed by atoms with E-state index in [1.807, 2.05) is 0 Å². The summed E-state index contributed by atoms with van der Waals surface area (Å²) in [6.45, 7) is 1.76. The molecule has 0 aliphatic heterocycles. The van der Waals surface area contributed by atoms with Crippen LogP contribution >= 0.6 is 0 Å². The third-order valence-electron chi connectivity index (χ3n) is 3.49. The zero-order valence-electron chi connectivity index (χ0n) is 12.8. The predicted octanol–water partition coefficient (Wildman–Crippen LogP) is 4.04. The first-order valence-corrected chi connectivity index (χ1v) is 7.10. The highest BCUT2D eigenvalue weighted by molar-refractivity contribution is 5.74. The summed E-state index contributed by atoms with van der Waals surface area (Å²) in [4.78, 5) is 10.8. The highest BCUT2D eigenvalue weighted by Crippen LogP contribution is 2.37. The highest BCUT2D eigenvalue weighted by Gasteiger charge is 2.32. The van der Waals surface area contributed by atoms with Crippen LogP contribution in [0.15, 0.2) is 42.5 Å². The van der Waals surface area contributed by atoms with Crippen LogP contribution in [-0.4, -0.2) is 17.4 Å². The van der Waals surface area contributed by atoms with Crippen molar-refractivity contribution in [2.45, 2.75) is 25.7 Å². The SMILES string of the molecule is Cc1ccccc1-c1cc(C(N)CC(=O)O)ccc1OC(F)(F)F. The third-order valence-corrected chi connectivity index (χ3v) is 3.49. The number of ether oxygens (including phenoxy) is 1. The Bertz CT molecular complexity index is 744. The molecule has 2 aromatic carbocycles. The Balaban J connectivity index is 2.53. The highest BCUT2D eigenvalue weighted by atomic mass is 19.4.